The number of carbonyl (C=O) groups excluding carboxylic acids is 3. The smallest absolute Gasteiger partial charge is 0.306 e. The van der Waals surface area contributed by atoms with Crippen molar-refractivity contribution in [3.05, 3.63) is 72.9 Å². The lowest BCUT2D eigenvalue weighted by Crippen LogP contribution is -2.44. The highest BCUT2D eigenvalue weighted by molar-refractivity contribution is 5.70. The summed E-state index contributed by atoms with van der Waals surface area (Å²) in [5.41, 5.74) is 0. The van der Waals surface area contributed by atoms with Crippen LogP contribution in [0.5, 0.6) is 0 Å². The number of likely N-dealkylation sites (N-methyl/N-ethyl adjacent to an activating group) is 1. The van der Waals surface area contributed by atoms with E-state index in [4.69, 9.17) is 18.9 Å². The fourth-order valence-corrected chi connectivity index (χ4v) is 11.9. The zero-order valence-corrected chi connectivity index (χ0v) is 62.1. The first-order valence-electron chi connectivity index (χ1n) is 40.1. The fourth-order valence-electron chi connectivity index (χ4n) is 11.9. The Morgan fingerprint density at radius 1 is 0.333 bits per heavy atom. The molecule has 0 saturated carbocycles. The van der Waals surface area contributed by atoms with Crippen molar-refractivity contribution in [2.75, 3.05) is 47.5 Å². The third kappa shape index (κ3) is 76.0. The summed E-state index contributed by atoms with van der Waals surface area (Å²) in [6, 6.07) is 0. The quantitative estimate of drug-likeness (QED) is 0.0195. The van der Waals surface area contributed by atoms with Gasteiger partial charge in [-0.2, -0.15) is 0 Å². The maximum absolute atomic E-state index is 13.0. The van der Waals surface area contributed by atoms with Crippen molar-refractivity contribution in [3.8, 4) is 0 Å². The van der Waals surface area contributed by atoms with E-state index in [-0.39, 0.29) is 32.2 Å². The fraction of sp³-hybridized carbons (Fsp3) is 0.821. The van der Waals surface area contributed by atoms with Crippen LogP contribution in [-0.4, -0.2) is 82.3 Å². The van der Waals surface area contributed by atoms with Crippen LogP contribution in [0.1, 0.15) is 386 Å². The number of allylic oxidation sites excluding steroid dienone is 12. The average Bonchev–Trinajstić information content (AvgIpc) is 3.38. The lowest BCUT2D eigenvalue weighted by molar-refractivity contribution is -0.870. The maximum Gasteiger partial charge on any atom is 0.306 e. The Morgan fingerprint density at radius 2 is 0.613 bits per heavy atom. The molecule has 0 spiro atoms. The number of hydrogen-bond donors (Lipinski definition) is 0. The molecule has 0 aliphatic rings. The highest BCUT2D eigenvalue weighted by Crippen LogP contribution is 2.19. The van der Waals surface area contributed by atoms with Gasteiger partial charge in [-0.05, 0) is 83.5 Å². The predicted octanol–water partition coefficient (Wildman–Crippen LogP) is 24.3. The first-order valence-corrected chi connectivity index (χ1v) is 40.1. The SMILES string of the molecule is CC/C=C\C/C=C\C/C=C\C/C=C\CCCCCCCCCCCCCCCCC(=O)OC(COC(=O)CCCCCCCCCCCCCCCCCCCCCCCCCCCCCCC/C=C\C/C=C\CCCCCCC)COC(OCC[N+](C)(C)C)C(=O)[O-]. The van der Waals surface area contributed by atoms with E-state index in [1.165, 1.54) is 283 Å². The molecule has 93 heavy (non-hydrogen) atoms. The van der Waals surface area contributed by atoms with E-state index in [9.17, 15) is 19.5 Å². The number of aliphatic carboxylic acids is 1. The molecular weight excluding hydrogens is 1150 g/mol. The Balaban J connectivity index is 3.94. The van der Waals surface area contributed by atoms with Gasteiger partial charge < -0.3 is 33.3 Å². The zero-order chi connectivity index (χ0) is 67.5. The van der Waals surface area contributed by atoms with Crippen LogP contribution in [-0.2, 0) is 33.3 Å². The van der Waals surface area contributed by atoms with E-state index in [1.54, 1.807) is 0 Å². The number of unbranched alkanes of at least 4 members (excludes halogenated alkanes) is 48. The lowest BCUT2D eigenvalue weighted by atomic mass is 10.0. The molecule has 9 heteroatoms. The van der Waals surface area contributed by atoms with E-state index in [2.05, 4.69) is 86.8 Å². The Labute approximate surface area is 577 Å². The summed E-state index contributed by atoms with van der Waals surface area (Å²) in [4.78, 5) is 37.6. The number of carboxylic acids is 1. The molecule has 2 unspecified atom stereocenters. The van der Waals surface area contributed by atoms with Crippen molar-refractivity contribution in [1.29, 1.82) is 0 Å². The predicted molar refractivity (Wildman–Crippen MR) is 398 cm³/mol. The van der Waals surface area contributed by atoms with Crippen molar-refractivity contribution in [2.45, 2.75) is 399 Å². The molecule has 0 amide bonds. The third-order valence-corrected chi connectivity index (χ3v) is 17.9. The van der Waals surface area contributed by atoms with Crippen LogP contribution in [0.15, 0.2) is 72.9 Å². The van der Waals surface area contributed by atoms with Gasteiger partial charge in [-0.15, -0.1) is 0 Å². The second kappa shape index (κ2) is 74.5. The summed E-state index contributed by atoms with van der Waals surface area (Å²) in [6.07, 6.45) is 97.5. The molecular formula is C84H153NO8. The minimum absolute atomic E-state index is 0.148. The summed E-state index contributed by atoms with van der Waals surface area (Å²) in [6.45, 7) is 4.68. The van der Waals surface area contributed by atoms with E-state index in [0.29, 0.717) is 23.9 Å². The molecule has 0 fully saturated rings. The van der Waals surface area contributed by atoms with Crippen molar-refractivity contribution in [2.24, 2.45) is 0 Å². The highest BCUT2D eigenvalue weighted by Gasteiger charge is 2.22. The molecule has 0 aliphatic heterocycles. The van der Waals surface area contributed by atoms with Gasteiger partial charge in [-0.25, -0.2) is 0 Å². The van der Waals surface area contributed by atoms with Crippen LogP contribution in [0.2, 0.25) is 0 Å². The van der Waals surface area contributed by atoms with E-state index in [0.717, 1.165) is 70.6 Å². The summed E-state index contributed by atoms with van der Waals surface area (Å²) in [5.74, 6) is -2.26. The zero-order valence-electron chi connectivity index (χ0n) is 62.1. The normalized spacial score (nSPS) is 13.0. The lowest BCUT2D eigenvalue weighted by Gasteiger charge is -2.26. The van der Waals surface area contributed by atoms with Gasteiger partial charge in [0.2, 0.25) is 0 Å². The van der Waals surface area contributed by atoms with Crippen molar-refractivity contribution in [1.82, 2.24) is 0 Å². The molecule has 542 valence electrons. The summed E-state index contributed by atoms with van der Waals surface area (Å²) >= 11 is 0. The number of esters is 2. The molecule has 0 bridgehead atoms. The van der Waals surface area contributed by atoms with Crippen LogP contribution < -0.4 is 5.11 Å². The molecule has 0 aromatic carbocycles. The molecule has 0 rings (SSSR count). The first kappa shape index (κ1) is 89.7. The van der Waals surface area contributed by atoms with Crippen LogP contribution >= 0.6 is 0 Å². The molecule has 0 saturated heterocycles. The Bertz CT molecular complexity index is 1760. The van der Waals surface area contributed by atoms with Crippen LogP contribution in [0.4, 0.5) is 0 Å². The van der Waals surface area contributed by atoms with Crippen molar-refractivity contribution >= 4 is 17.9 Å². The Hall–Kier alpha value is -3.27. The molecule has 0 aromatic heterocycles. The summed E-state index contributed by atoms with van der Waals surface area (Å²) in [5, 5.41) is 11.9. The number of rotatable bonds is 75. The third-order valence-electron chi connectivity index (χ3n) is 17.9. The van der Waals surface area contributed by atoms with E-state index in [1.807, 2.05) is 21.1 Å². The first-order chi connectivity index (χ1) is 45.6. The number of ether oxygens (including phenoxy) is 4. The van der Waals surface area contributed by atoms with Gasteiger partial charge in [-0.3, -0.25) is 9.59 Å². The molecule has 0 radical (unpaired) electrons. The average molecular weight is 1310 g/mol. The Morgan fingerprint density at radius 3 is 0.914 bits per heavy atom. The largest absolute Gasteiger partial charge is 0.545 e. The van der Waals surface area contributed by atoms with E-state index < -0.39 is 24.3 Å². The van der Waals surface area contributed by atoms with Gasteiger partial charge in [0.05, 0.1) is 40.3 Å². The van der Waals surface area contributed by atoms with Gasteiger partial charge >= 0.3 is 11.9 Å². The molecule has 0 aliphatic carbocycles. The number of nitrogens with zero attached hydrogens (tertiary/aromatic N) is 1. The van der Waals surface area contributed by atoms with Gasteiger partial charge in [0.1, 0.15) is 13.2 Å². The Kier molecular flexibility index (Phi) is 71.9. The topological polar surface area (TPSA) is 111 Å². The minimum atomic E-state index is -1.62. The highest BCUT2D eigenvalue weighted by atomic mass is 16.7. The van der Waals surface area contributed by atoms with Gasteiger partial charge in [0, 0.05) is 12.8 Å². The van der Waals surface area contributed by atoms with E-state index >= 15 is 0 Å². The molecule has 0 aromatic rings. The number of carbonyl (C=O) groups is 3. The van der Waals surface area contributed by atoms with Crippen LogP contribution in [0.3, 0.4) is 0 Å². The molecule has 9 nitrogen and oxygen atoms in total. The van der Waals surface area contributed by atoms with Gasteiger partial charge in [0.15, 0.2) is 12.4 Å². The van der Waals surface area contributed by atoms with Crippen LogP contribution in [0, 0.1) is 0 Å². The molecule has 0 heterocycles. The second-order valence-corrected chi connectivity index (χ2v) is 28.3. The van der Waals surface area contributed by atoms with Crippen LogP contribution in [0.25, 0.3) is 0 Å². The minimum Gasteiger partial charge on any atom is -0.545 e. The number of hydrogen-bond acceptors (Lipinski definition) is 8. The van der Waals surface area contributed by atoms with Crippen molar-refractivity contribution in [3.63, 3.8) is 0 Å². The number of carboxylic acid groups (broad SMARTS) is 1. The van der Waals surface area contributed by atoms with Gasteiger partial charge in [0.25, 0.3) is 0 Å². The summed E-state index contributed by atoms with van der Waals surface area (Å²) < 4.78 is 22.9. The maximum atomic E-state index is 13.0. The molecule has 0 N–H and O–H groups in total. The monoisotopic (exact) mass is 1300 g/mol. The second-order valence-electron chi connectivity index (χ2n) is 28.3. The van der Waals surface area contributed by atoms with Crippen molar-refractivity contribution < 1.29 is 42.9 Å². The number of quaternary nitrogens is 1. The van der Waals surface area contributed by atoms with Gasteiger partial charge in [-0.1, -0.05) is 363 Å². The molecule has 2 atom stereocenters. The summed E-state index contributed by atoms with van der Waals surface area (Å²) in [7, 11) is 5.94. The standard InChI is InChI=1S/C84H153NO8/c1-6-8-10-12-14-16-18-20-22-24-26-28-30-32-34-35-36-37-38-39-40-41-42-43-44-45-46-47-49-50-52-54-56-58-60-62-64-66-68-70-72-74-81(86)91-78-80(79-92-84(83(88)89)90-77-76-85(3,4)5)93-82(87)75-73-71-69-67-65-63-61-59-57-55-53-51-48-33-31-29-27-25-23-21-19-17-15-13-11-9-7-2/h9,11,15,17-18,20-21,23-24,26-27,29,80,84H,6-8,10,12-14,16,19,22,25,28,30-79H2,1-5H3/b11-9-,17-15-,20-18-,23-21-,26-24-,29-27-.